The van der Waals surface area contributed by atoms with Crippen molar-refractivity contribution in [2.75, 3.05) is 137 Å². The first-order chi connectivity index (χ1) is 43.5. The fourth-order valence-corrected chi connectivity index (χ4v) is 21.4. The average Bonchev–Trinajstić information content (AvgIpc) is 1.39. The fourth-order valence-electron chi connectivity index (χ4n) is 21.4. The van der Waals surface area contributed by atoms with Crippen molar-refractivity contribution in [3.63, 3.8) is 0 Å². The Morgan fingerprint density at radius 3 is 0.551 bits per heavy atom. The number of nitro groups is 2. The molecule has 98 heavy (non-hydrogen) atoms. The second-order valence-electron chi connectivity index (χ2n) is 29.8. The maximum Gasteiger partial charge on any atom is 0.194 e. The molecular formula is C69H136Ar8Br2N14O5. The minimum absolute atomic E-state index is 0. The van der Waals surface area contributed by atoms with E-state index in [1.807, 2.05) is 0 Å². The van der Waals surface area contributed by atoms with Crippen molar-refractivity contribution >= 4 is 31.9 Å². The summed E-state index contributed by atoms with van der Waals surface area (Å²) in [7, 11) is 4.78. The summed E-state index contributed by atoms with van der Waals surface area (Å²) in [5.74, 6) is 8.05. The Kier molecular flexibility index (Phi) is 71.7. The van der Waals surface area contributed by atoms with E-state index in [-0.39, 0.29) is 309 Å². The number of rotatable bonds is 1. The molecule has 0 aromatic rings. The summed E-state index contributed by atoms with van der Waals surface area (Å²) < 4.78 is 0. The number of halogens is 2. The Bertz CT molecular complexity index is 1750. The Morgan fingerprint density at radius 1 is 0.306 bits per heavy atom. The van der Waals surface area contributed by atoms with E-state index in [1.54, 1.807) is 0 Å². The molecule has 8 saturated carbocycles. The van der Waals surface area contributed by atoms with Crippen LogP contribution in [0.1, 0.15) is 207 Å². The van der Waals surface area contributed by atoms with E-state index >= 15 is 0 Å². The van der Waals surface area contributed by atoms with Gasteiger partial charge in [0.05, 0.1) is 6.67 Å². The van der Waals surface area contributed by atoms with Gasteiger partial charge in [-0.3, -0.25) is 59.4 Å². The third-order valence-electron chi connectivity index (χ3n) is 24.9. The molecule has 0 radical (unpaired) electrons. The Labute approximate surface area is 854 Å². The van der Waals surface area contributed by atoms with Crippen LogP contribution in [0.4, 0.5) is 0 Å². The molecule has 8 bridgehead atoms. The van der Waals surface area contributed by atoms with Gasteiger partial charge in [-0.15, -0.1) is 0 Å². The molecule has 8 heterocycles. The van der Waals surface area contributed by atoms with E-state index in [1.165, 1.54) is 318 Å². The second-order valence-corrected chi connectivity index (χ2v) is 31.4. The van der Waals surface area contributed by atoms with Gasteiger partial charge in [-0.25, -0.2) is 11.1 Å². The molecule has 8 saturated heterocycles. The summed E-state index contributed by atoms with van der Waals surface area (Å²) >= 11 is 6.40. The zero-order valence-electron chi connectivity index (χ0n) is 60.2. The van der Waals surface area contributed by atoms with Crippen LogP contribution in [-0.2, 0) is 0 Å². The first-order valence-electron chi connectivity index (χ1n) is 37.2. The van der Waals surface area contributed by atoms with Crippen molar-refractivity contribution in [1.29, 1.82) is 11.1 Å². The zero-order chi connectivity index (χ0) is 63.7. The molecule has 0 aromatic carbocycles. The largest absolute Gasteiger partial charge is 0.412 e. The van der Waals surface area contributed by atoms with Crippen LogP contribution in [0.3, 0.4) is 0 Å². The van der Waals surface area contributed by atoms with Crippen LogP contribution in [0.5, 0.6) is 0 Å². The van der Waals surface area contributed by atoms with E-state index in [9.17, 15) is 0 Å². The molecule has 0 aromatic heterocycles. The van der Waals surface area contributed by atoms with E-state index < -0.39 is 9.85 Å². The first-order valence-corrected chi connectivity index (χ1v) is 39.4. The number of nitrogens with two attached hydrogens (primary N) is 2. The third kappa shape index (κ3) is 34.7. The van der Waals surface area contributed by atoms with Gasteiger partial charge in [0.15, 0.2) is 14.1 Å². The minimum atomic E-state index is -0.500. The number of alkyl halides is 2. The standard InChI is InChI=1S/3C16H28N2.C15H26N2.C2H4Br2.2CH3NO2.2CH5N.8Ar.H2N2.H2O.H2/c3*1-3-7-15-13(5-1)11-17-9-10-18(15)12-14-6-2-4-8-16(14)17;1-3-7-14-12(5-1)9-16-11-17(14)10-13-6-2-4-8-15(13)16;3-1-2-4;2*1-2(3)4;2*1-2;;;;;;;;;1-2;;/h3*13-16H,1-12H2;12-15H,1-11H2;1-2H2;2*1H3;2*2H2,1H3;;;;;;;;;1-2H;1H2;1H. The van der Waals surface area contributed by atoms with Gasteiger partial charge in [0.2, 0.25) is 0 Å². The van der Waals surface area contributed by atoms with Crippen molar-refractivity contribution in [2.45, 2.75) is 254 Å². The van der Waals surface area contributed by atoms with E-state index in [0.717, 1.165) is 120 Å². The van der Waals surface area contributed by atoms with Crippen LogP contribution in [0.15, 0.2) is 0 Å². The molecule has 16 rings (SSSR count). The molecule has 29 heteroatoms. The van der Waals surface area contributed by atoms with Crippen molar-refractivity contribution in [2.24, 2.45) is 58.8 Å². The molecule has 0 amide bonds. The number of nitrogens with one attached hydrogen (secondary N) is 2. The minimum Gasteiger partial charge on any atom is -0.412 e. The molecule has 16 fully saturated rings. The molecular weight excluding hydrogens is 1580 g/mol. The smallest absolute Gasteiger partial charge is 0.194 e. The summed E-state index contributed by atoms with van der Waals surface area (Å²) in [4.78, 5) is 39.8. The molecule has 8 aliphatic carbocycles. The van der Waals surface area contributed by atoms with Crippen LogP contribution < -0.4 is 11.5 Å². The second kappa shape index (κ2) is 63.2. The monoisotopic (exact) mass is 1720 g/mol. The van der Waals surface area contributed by atoms with Gasteiger partial charge < -0.3 is 16.9 Å². The van der Waals surface area contributed by atoms with E-state index in [4.69, 9.17) is 31.3 Å². The van der Waals surface area contributed by atoms with Crippen LogP contribution in [0.2, 0.25) is 0 Å². The predicted octanol–water partition coefficient (Wildman–Crippen LogP) is 11.6. The van der Waals surface area contributed by atoms with Gasteiger partial charge in [0.1, 0.15) is 0 Å². The average molecular weight is 1720 g/mol. The Morgan fingerprint density at radius 2 is 0.418 bits per heavy atom. The Hall–Kier alpha value is 9.00. The first kappa shape index (κ1) is 111. The zero-order valence-corrected chi connectivity index (χ0v) is 69.1. The van der Waals surface area contributed by atoms with Gasteiger partial charge in [0, 0.05) is 464 Å². The maximum absolute atomic E-state index is 8.81. The normalized spacial score (nSPS) is 38.9. The van der Waals surface area contributed by atoms with Crippen molar-refractivity contribution in [3.8, 4) is 0 Å². The van der Waals surface area contributed by atoms with Gasteiger partial charge in [-0.05, 0) is 164 Å². The summed E-state index contributed by atoms with van der Waals surface area (Å²) in [6.45, 7) is 21.0. The van der Waals surface area contributed by atoms with Crippen molar-refractivity contribution in [1.82, 2.24) is 39.2 Å². The number of nitrogens with zero attached hydrogens (tertiary/aromatic N) is 10. The summed E-state index contributed by atoms with van der Waals surface area (Å²) in [5, 5.41) is 19.7. The SMILES string of the molecule is BrCCBr.C1CCC2C(C1)CN1CCN2CC2CCCCC21.C1CCC2C(C1)CN1CCN2CC2CCCCC21.C1CCC2C(C1)CN1CCN2CC2CCCCC21.C1CCC2C(C1)CN1CN2CC2CCCCC21.CN.CN.C[N+](=O)[O-].C[N+](=O)[O-].N=N.O.[Ar].[Ar].[Ar].[Ar].[Ar].[Ar].[Ar].[Ar].[HH]. The fraction of sp³-hybridized carbons (Fsp3) is 1.00. The van der Waals surface area contributed by atoms with Gasteiger partial charge in [-0.1, -0.05) is 135 Å². The molecule has 590 valence electrons. The van der Waals surface area contributed by atoms with E-state index in [0.29, 0.717) is 0 Å². The molecule has 24 unspecified atom stereocenters. The number of fused-ring (bicyclic) bond motifs is 27. The summed E-state index contributed by atoms with van der Waals surface area (Å²) in [6, 6.07) is 7.63. The molecule has 16 aliphatic rings. The predicted molar refractivity (Wildman–Crippen MR) is 378 cm³/mol. The van der Waals surface area contributed by atoms with Crippen LogP contribution in [0, 0.1) is 381 Å². The number of hydrogen-bond donors (Lipinski definition) is 4. The van der Waals surface area contributed by atoms with Crippen LogP contribution in [-0.4, -0.2) is 240 Å². The topological polar surface area (TPSA) is 243 Å². The Balaban J connectivity index is -0.000000545. The van der Waals surface area contributed by atoms with Crippen molar-refractivity contribution < 1.29 is 319 Å². The van der Waals surface area contributed by atoms with Gasteiger partial charge >= 0.3 is 0 Å². The molecule has 19 nitrogen and oxygen atoms in total. The van der Waals surface area contributed by atoms with Crippen LogP contribution >= 0.6 is 31.9 Å². The number of hydrogen-bond acceptors (Lipinski definition) is 16. The van der Waals surface area contributed by atoms with E-state index in [2.05, 4.69) is 82.5 Å². The van der Waals surface area contributed by atoms with Crippen molar-refractivity contribution in [3.05, 3.63) is 20.2 Å². The molecule has 8 aliphatic heterocycles. The molecule has 24 atom stereocenters. The molecule has 8 N–H and O–H groups in total. The maximum atomic E-state index is 8.81. The summed E-state index contributed by atoms with van der Waals surface area (Å²) in [5.41, 5.74) is 19.0. The van der Waals surface area contributed by atoms with Gasteiger partial charge in [0.25, 0.3) is 0 Å². The van der Waals surface area contributed by atoms with Crippen LogP contribution in [0.25, 0.3) is 0 Å². The quantitative estimate of drug-likeness (QED) is 0.0826. The molecule has 0 spiro atoms. The third-order valence-corrected chi connectivity index (χ3v) is 26.8. The van der Waals surface area contributed by atoms with Gasteiger partial charge in [-0.2, -0.15) is 0 Å². The summed E-state index contributed by atoms with van der Waals surface area (Å²) in [6.07, 6.45) is 47.9.